The second-order valence-corrected chi connectivity index (χ2v) is 4.53. The molecule has 0 saturated carbocycles. The van der Waals surface area contributed by atoms with Crippen molar-refractivity contribution in [1.82, 2.24) is 10.2 Å². The third kappa shape index (κ3) is 3.59. The summed E-state index contributed by atoms with van der Waals surface area (Å²) in [5.41, 5.74) is 0. The highest BCUT2D eigenvalue weighted by molar-refractivity contribution is 5.84. The average Bonchev–Trinajstić information content (AvgIpc) is 2.28. The molecule has 92 valence electrons. The Kier molecular flexibility index (Phi) is 5.46. The van der Waals surface area contributed by atoms with Gasteiger partial charge in [-0.3, -0.25) is 9.69 Å². The molecule has 1 amide bonds. The Balaban J connectivity index is 2.46. The number of piperidine rings is 1. The van der Waals surface area contributed by atoms with Gasteiger partial charge in [0.15, 0.2) is 0 Å². The van der Waals surface area contributed by atoms with Gasteiger partial charge in [-0.05, 0) is 32.9 Å². The van der Waals surface area contributed by atoms with E-state index in [2.05, 4.69) is 10.2 Å². The van der Waals surface area contributed by atoms with E-state index in [0.717, 1.165) is 44.9 Å². The zero-order chi connectivity index (χ0) is 12.0. The molecule has 1 aliphatic rings. The maximum absolute atomic E-state index is 11.9. The van der Waals surface area contributed by atoms with Crippen molar-refractivity contribution in [1.29, 1.82) is 0 Å². The predicted molar refractivity (Wildman–Crippen MR) is 63.2 cm³/mol. The van der Waals surface area contributed by atoms with Crippen molar-refractivity contribution in [2.24, 2.45) is 0 Å². The molecule has 1 saturated heterocycles. The summed E-state index contributed by atoms with van der Waals surface area (Å²) in [7, 11) is 1.97. The van der Waals surface area contributed by atoms with E-state index >= 15 is 0 Å². The minimum Gasteiger partial charge on any atom is -0.345 e. The molecule has 0 radical (unpaired) electrons. The van der Waals surface area contributed by atoms with Crippen LogP contribution in [0, 0.1) is 0 Å². The first kappa shape index (κ1) is 13.2. The Morgan fingerprint density at radius 2 is 2.31 bits per heavy atom. The van der Waals surface area contributed by atoms with Crippen molar-refractivity contribution < 1.29 is 9.59 Å². The molecule has 1 N–H and O–H groups in total. The molecule has 1 heterocycles. The average molecular weight is 226 g/mol. The van der Waals surface area contributed by atoms with E-state index in [9.17, 15) is 9.59 Å². The lowest BCUT2D eigenvalue weighted by atomic mass is 10.0. The number of hydrogen-bond acceptors (Lipinski definition) is 3. The zero-order valence-electron chi connectivity index (χ0n) is 10.2. The van der Waals surface area contributed by atoms with E-state index in [1.165, 1.54) is 0 Å². The number of hydrogen-bond donors (Lipinski definition) is 1. The summed E-state index contributed by atoms with van der Waals surface area (Å²) in [5.74, 6) is 0.00718. The normalized spacial score (nSPS) is 23.8. The van der Waals surface area contributed by atoms with Gasteiger partial charge in [0.2, 0.25) is 5.91 Å². The van der Waals surface area contributed by atoms with Gasteiger partial charge in [-0.2, -0.15) is 0 Å². The fourth-order valence-corrected chi connectivity index (χ4v) is 2.17. The molecule has 4 heteroatoms. The smallest absolute Gasteiger partial charge is 0.237 e. The van der Waals surface area contributed by atoms with Crippen LogP contribution in [0.1, 0.15) is 39.0 Å². The number of aldehydes is 1. The van der Waals surface area contributed by atoms with Crippen LogP contribution in [0.3, 0.4) is 0 Å². The van der Waals surface area contributed by atoms with Gasteiger partial charge < -0.3 is 10.1 Å². The van der Waals surface area contributed by atoms with Crippen LogP contribution < -0.4 is 5.32 Å². The maximum atomic E-state index is 11.9. The summed E-state index contributed by atoms with van der Waals surface area (Å²) < 4.78 is 0. The zero-order valence-corrected chi connectivity index (χ0v) is 10.2. The number of carbonyl (C=O) groups excluding carboxylic acids is 2. The van der Waals surface area contributed by atoms with Crippen LogP contribution >= 0.6 is 0 Å². The fraction of sp³-hybridized carbons (Fsp3) is 0.833. The van der Waals surface area contributed by atoms with Gasteiger partial charge >= 0.3 is 0 Å². The lowest BCUT2D eigenvalue weighted by molar-refractivity contribution is -0.129. The third-order valence-electron chi connectivity index (χ3n) is 3.16. The summed E-state index contributed by atoms with van der Waals surface area (Å²) in [6, 6.07) is -0.360. The first-order valence-corrected chi connectivity index (χ1v) is 6.15. The van der Waals surface area contributed by atoms with E-state index < -0.39 is 0 Å². The summed E-state index contributed by atoms with van der Waals surface area (Å²) in [6.45, 7) is 2.98. The second-order valence-electron chi connectivity index (χ2n) is 4.53. The van der Waals surface area contributed by atoms with Gasteiger partial charge in [0.05, 0.1) is 12.1 Å². The van der Waals surface area contributed by atoms with Crippen LogP contribution in [-0.2, 0) is 9.59 Å². The van der Waals surface area contributed by atoms with E-state index in [-0.39, 0.29) is 18.0 Å². The van der Waals surface area contributed by atoms with Gasteiger partial charge in [-0.1, -0.05) is 19.8 Å². The van der Waals surface area contributed by atoms with Crippen molar-refractivity contribution in [2.75, 3.05) is 13.6 Å². The number of rotatable bonds is 5. The van der Waals surface area contributed by atoms with E-state index in [1.54, 1.807) is 0 Å². The van der Waals surface area contributed by atoms with Gasteiger partial charge in [0, 0.05) is 0 Å². The summed E-state index contributed by atoms with van der Waals surface area (Å²) in [6.07, 6.45) is 5.63. The molecule has 2 atom stereocenters. The Morgan fingerprint density at radius 3 is 2.88 bits per heavy atom. The quantitative estimate of drug-likeness (QED) is 0.710. The van der Waals surface area contributed by atoms with Crippen molar-refractivity contribution in [3.05, 3.63) is 0 Å². The molecule has 0 spiro atoms. The minimum absolute atomic E-state index is 0.00718. The van der Waals surface area contributed by atoms with Crippen LogP contribution in [0.15, 0.2) is 0 Å². The number of nitrogens with zero attached hydrogens (tertiary/aromatic N) is 1. The molecule has 0 bridgehead atoms. The van der Waals surface area contributed by atoms with Crippen LogP contribution in [0.25, 0.3) is 0 Å². The highest BCUT2D eigenvalue weighted by Crippen LogP contribution is 2.15. The summed E-state index contributed by atoms with van der Waals surface area (Å²) >= 11 is 0. The lowest BCUT2D eigenvalue weighted by Crippen LogP contribution is -2.50. The molecule has 0 unspecified atom stereocenters. The molecule has 1 rings (SSSR count). The Hall–Kier alpha value is -0.900. The third-order valence-corrected chi connectivity index (χ3v) is 3.16. The number of carbonyl (C=O) groups is 2. The predicted octanol–water partition coefficient (Wildman–Crippen LogP) is 0.954. The van der Waals surface area contributed by atoms with Crippen molar-refractivity contribution in [3.8, 4) is 0 Å². The molecule has 0 aliphatic carbocycles. The highest BCUT2D eigenvalue weighted by Gasteiger charge is 2.26. The number of likely N-dealkylation sites (tertiary alicyclic amines) is 1. The molecule has 1 aliphatic heterocycles. The molecule has 0 aromatic heterocycles. The van der Waals surface area contributed by atoms with Gasteiger partial charge in [-0.25, -0.2) is 0 Å². The first-order chi connectivity index (χ1) is 7.69. The Labute approximate surface area is 97.4 Å². The first-order valence-electron chi connectivity index (χ1n) is 6.15. The summed E-state index contributed by atoms with van der Waals surface area (Å²) in [4.78, 5) is 24.8. The Bertz CT molecular complexity index is 243. The highest BCUT2D eigenvalue weighted by atomic mass is 16.2. The second kappa shape index (κ2) is 6.63. The van der Waals surface area contributed by atoms with Gasteiger partial charge in [-0.15, -0.1) is 0 Å². The Morgan fingerprint density at radius 1 is 1.56 bits per heavy atom. The van der Waals surface area contributed by atoms with E-state index in [1.807, 2.05) is 14.0 Å². The van der Waals surface area contributed by atoms with Crippen molar-refractivity contribution in [3.63, 3.8) is 0 Å². The van der Waals surface area contributed by atoms with Crippen LogP contribution in [-0.4, -0.2) is 42.8 Å². The largest absolute Gasteiger partial charge is 0.345 e. The number of likely N-dealkylation sites (N-methyl/N-ethyl adjacent to an activating group) is 1. The lowest BCUT2D eigenvalue weighted by Gasteiger charge is -2.31. The van der Waals surface area contributed by atoms with Gasteiger partial charge in [0.1, 0.15) is 6.29 Å². The van der Waals surface area contributed by atoms with E-state index in [0.29, 0.717) is 0 Å². The molecular weight excluding hydrogens is 204 g/mol. The molecular formula is C12H22N2O2. The molecule has 16 heavy (non-hydrogen) atoms. The fourth-order valence-electron chi connectivity index (χ4n) is 2.17. The molecule has 0 aromatic carbocycles. The van der Waals surface area contributed by atoms with Crippen LogP contribution in [0.2, 0.25) is 0 Å². The monoisotopic (exact) mass is 226 g/mol. The van der Waals surface area contributed by atoms with E-state index in [4.69, 9.17) is 0 Å². The molecule has 4 nitrogen and oxygen atoms in total. The standard InChI is InChI=1S/C12H22N2O2/c1-3-6-10(9-15)13-12(16)11-7-4-5-8-14(11)2/h9-11H,3-8H2,1-2H3,(H,13,16)/t10-,11+/m0/s1. The SMILES string of the molecule is CCC[C@@H](C=O)NC(=O)[C@H]1CCCCN1C. The molecule has 1 fully saturated rings. The van der Waals surface area contributed by atoms with Crippen molar-refractivity contribution >= 4 is 12.2 Å². The van der Waals surface area contributed by atoms with Gasteiger partial charge in [0.25, 0.3) is 0 Å². The topological polar surface area (TPSA) is 49.4 Å². The maximum Gasteiger partial charge on any atom is 0.237 e. The van der Waals surface area contributed by atoms with Crippen LogP contribution in [0.4, 0.5) is 0 Å². The number of amides is 1. The minimum atomic E-state index is -0.312. The van der Waals surface area contributed by atoms with Crippen molar-refractivity contribution in [2.45, 2.75) is 51.1 Å². The van der Waals surface area contributed by atoms with Crippen LogP contribution in [0.5, 0.6) is 0 Å². The molecule has 0 aromatic rings. The summed E-state index contributed by atoms with van der Waals surface area (Å²) in [5, 5.41) is 2.82. The number of nitrogens with one attached hydrogen (secondary N) is 1.